The van der Waals surface area contributed by atoms with E-state index in [0.717, 1.165) is 6.42 Å². The molecular weight excluding hydrogens is 304 g/mol. The Morgan fingerprint density at radius 2 is 1.50 bits per heavy atom. The molecule has 0 aromatic heterocycles. The van der Waals surface area contributed by atoms with Crippen molar-refractivity contribution in [3.63, 3.8) is 0 Å². The number of nitrogens with one attached hydrogen (secondary N) is 2. The van der Waals surface area contributed by atoms with Crippen molar-refractivity contribution in [2.24, 2.45) is 0 Å². The fourth-order valence-electron chi connectivity index (χ4n) is 2.15. The molecule has 2 aromatic carbocycles. The van der Waals surface area contributed by atoms with Crippen molar-refractivity contribution < 1.29 is 14.3 Å². The smallest absolute Gasteiger partial charge is 0.265 e. The van der Waals surface area contributed by atoms with Gasteiger partial charge in [0.1, 0.15) is 5.75 Å². The zero-order valence-electron chi connectivity index (χ0n) is 14.1. The van der Waals surface area contributed by atoms with E-state index in [1.54, 1.807) is 31.2 Å². The molecule has 0 aliphatic carbocycles. The quantitative estimate of drug-likeness (QED) is 0.852. The summed E-state index contributed by atoms with van der Waals surface area (Å²) in [6, 6.07) is 14.6. The Bertz CT molecular complexity index is 694. The molecule has 126 valence electrons. The van der Waals surface area contributed by atoms with Crippen LogP contribution in [0.15, 0.2) is 48.5 Å². The van der Waals surface area contributed by atoms with Gasteiger partial charge in [-0.2, -0.15) is 0 Å². The van der Waals surface area contributed by atoms with Crippen molar-refractivity contribution in [3.8, 4) is 5.75 Å². The maximum atomic E-state index is 12.2. The lowest BCUT2D eigenvalue weighted by atomic mass is 10.2. The van der Waals surface area contributed by atoms with E-state index in [1.165, 1.54) is 12.5 Å². The summed E-state index contributed by atoms with van der Waals surface area (Å²) < 4.78 is 5.66. The van der Waals surface area contributed by atoms with Crippen molar-refractivity contribution in [3.05, 3.63) is 54.1 Å². The summed E-state index contributed by atoms with van der Waals surface area (Å²) in [7, 11) is 0. The number of ether oxygens (including phenoxy) is 1. The fraction of sp³-hybridized carbons (Fsp3) is 0.263. The van der Waals surface area contributed by atoms with E-state index in [2.05, 4.69) is 17.6 Å². The highest BCUT2D eigenvalue weighted by atomic mass is 16.5. The molecular formula is C19H22N2O3. The van der Waals surface area contributed by atoms with Crippen LogP contribution >= 0.6 is 0 Å². The van der Waals surface area contributed by atoms with Crippen LogP contribution in [0.3, 0.4) is 0 Å². The summed E-state index contributed by atoms with van der Waals surface area (Å²) in [6.07, 6.45) is 0.345. The molecule has 24 heavy (non-hydrogen) atoms. The van der Waals surface area contributed by atoms with Gasteiger partial charge in [-0.3, -0.25) is 9.59 Å². The van der Waals surface area contributed by atoms with E-state index >= 15 is 0 Å². The second kappa shape index (κ2) is 8.15. The highest BCUT2D eigenvalue weighted by Gasteiger charge is 2.14. The molecule has 0 bridgehead atoms. The molecule has 5 heteroatoms. The summed E-state index contributed by atoms with van der Waals surface area (Å²) in [6.45, 7) is 5.24. The first-order valence-corrected chi connectivity index (χ1v) is 7.92. The molecule has 0 fully saturated rings. The van der Waals surface area contributed by atoms with Gasteiger partial charge in [-0.05, 0) is 55.3 Å². The number of hydrogen-bond acceptors (Lipinski definition) is 3. The Balaban J connectivity index is 1.91. The maximum absolute atomic E-state index is 12.2. The molecule has 2 aromatic rings. The lowest BCUT2D eigenvalue weighted by Gasteiger charge is -2.15. The summed E-state index contributed by atoms with van der Waals surface area (Å²) in [5.74, 6) is 0.292. The topological polar surface area (TPSA) is 67.4 Å². The van der Waals surface area contributed by atoms with Gasteiger partial charge in [-0.1, -0.05) is 19.1 Å². The molecule has 0 saturated carbocycles. The Kier molecular flexibility index (Phi) is 5.95. The molecule has 0 saturated heterocycles. The number of carbonyl (C=O) groups is 2. The zero-order valence-corrected chi connectivity index (χ0v) is 14.1. The van der Waals surface area contributed by atoms with Gasteiger partial charge in [0.15, 0.2) is 6.10 Å². The van der Waals surface area contributed by atoms with Crippen molar-refractivity contribution in [2.45, 2.75) is 33.3 Å². The molecule has 2 rings (SSSR count). The third-order valence-corrected chi connectivity index (χ3v) is 3.49. The highest BCUT2D eigenvalue weighted by molar-refractivity contribution is 5.94. The lowest BCUT2D eigenvalue weighted by Crippen LogP contribution is -2.30. The number of rotatable bonds is 6. The van der Waals surface area contributed by atoms with Gasteiger partial charge in [-0.25, -0.2) is 0 Å². The number of anilines is 2. The Morgan fingerprint density at radius 1 is 0.958 bits per heavy atom. The van der Waals surface area contributed by atoms with Crippen LogP contribution in [0, 0.1) is 0 Å². The largest absolute Gasteiger partial charge is 0.481 e. The fourth-order valence-corrected chi connectivity index (χ4v) is 2.15. The maximum Gasteiger partial charge on any atom is 0.265 e. The SMILES string of the molecule is CCc1ccc(O[C@H](C)C(=O)Nc2ccc(NC(C)=O)cc2)cc1. The van der Waals surface area contributed by atoms with Gasteiger partial charge in [0, 0.05) is 18.3 Å². The van der Waals surface area contributed by atoms with Gasteiger partial charge in [-0.15, -0.1) is 0 Å². The van der Waals surface area contributed by atoms with Crippen LogP contribution in [0.25, 0.3) is 0 Å². The van der Waals surface area contributed by atoms with Crippen LogP contribution in [0.1, 0.15) is 26.3 Å². The predicted molar refractivity (Wildman–Crippen MR) is 95.3 cm³/mol. The molecule has 0 aliphatic heterocycles. The van der Waals surface area contributed by atoms with Crippen molar-refractivity contribution >= 4 is 23.2 Å². The first kappa shape index (κ1) is 17.5. The van der Waals surface area contributed by atoms with Crippen LogP contribution in [-0.4, -0.2) is 17.9 Å². The molecule has 1 atom stereocenters. The highest BCUT2D eigenvalue weighted by Crippen LogP contribution is 2.16. The van der Waals surface area contributed by atoms with Crippen LogP contribution < -0.4 is 15.4 Å². The number of carbonyl (C=O) groups excluding carboxylic acids is 2. The molecule has 2 amide bonds. The monoisotopic (exact) mass is 326 g/mol. The summed E-state index contributed by atoms with van der Waals surface area (Å²) in [5.41, 5.74) is 2.55. The van der Waals surface area contributed by atoms with Crippen molar-refractivity contribution in [1.82, 2.24) is 0 Å². The molecule has 0 spiro atoms. The van der Waals surface area contributed by atoms with Crippen molar-refractivity contribution in [2.75, 3.05) is 10.6 Å². The van der Waals surface area contributed by atoms with E-state index in [0.29, 0.717) is 17.1 Å². The van der Waals surface area contributed by atoms with Crippen LogP contribution in [0.2, 0.25) is 0 Å². The minimum absolute atomic E-state index is 0.136. The normalized spacial score (nSPS) is 11.5. The Morgan fingerprint density at radius 3 is 2.00 bits per heavy atom. The predicted octanol–water partition coefficient (Wildman–Crippen LogP) is 3.61. The summed E-state index contributed by atoms with van der Waals surface area (Å²) >= 11 is 0. The van der Waals surface area contributed by atoms with Crippen LogP contribution in [0.4, 0.5) is 11.4 Å². The van der Waals surface area contributed by atoms with Gasteiger partial charge in [0.25, 0.3) is 5.91 Å². The Hall–Kier alpha value is -2.82. The number of aryl methyl sites for hydroxylation is 1. The minimum atomic E-state index is -0.618. The van der Waals surface area contributed by atoms with E-state index in [1.807, 2.05) is 24.3 Å². The zero-order chi connectivity index (χ0) is 17.5. The third kappa shape index (κ3) is 5.12. The van der Waals surface area contributed by atoms with E-state index in [9.17, 15) is 9.59 Å². The number of hydrogen-bond donors (Lipinski definition) is 2. The average Bonchev–Trinajstić information content (AvgIpc) is 2.56. The Labute approximate surface area is 142 Å². The number of benzene rings is 2. The molecule has 0 aliphatic rings. The molecule has 0 radical (unpaired) electrons. The lowest BCUT2D eigenvalue weighted by molar-refractivity contribution is -0.122. The van der Waals surface area contributed by atoms with E-state index in [-0.39, 0.29) is 11.8 Å². The van der Waals surface area contributed by atoms with Crippen molar-refractivity contribution in [1.29, 1.82) is 0 Å². The van der Waals surface area contributed by atoms with Gasteiger partial charge >= 0.3 is 0 Å². The van der Waals surface area contributed by atoms with E-state index in [4.69, 9.17) is 4.74 Å². The minimum Gasteiger partial charge on any atom is -0.481 e. The van der Waals surface area contributed by atoms with Gasteiger partial charge in [0.2, 0.25) is 5.91 Å². The molecule has 0 unspecified atom stereocenters. The molecule has 0 heterocycles. The summed E-state index contributed by atoms with van der Waals surface area (Å²) in [5, 5.41) is 5.46. The third-order valence-electron chi connectivity index (χ3n) is 3.49. The second-order valence-corrected chi connectivity index (χ2v) is 5.51. The standard InChI is InChI=1S/C19H22N2O3/c1-4-15-5-11-18(12-6-15)24-13(2)19(23)21-17-9-7-16(8-10-17)20-14(3)22/h5-13H,4H2,1-3H3,(H,20,22)(H,21,23)/t13-/m1/s1. The first-order valence-electron chi connectivity index (χ1n) is 7.92. The van der Waals surface area contributed by atoms with Gasteiger partial charge in [0.05, 0.1) is 0 Å². The van der Waals surface area contributed by atoms with Crippen LogP contribution in [-0.2, 0) is 16.0 Å². The molecule has 2 N–H and O–H groups in total. The van der Waals surface area contributed by atoms with Gasteiger partial charge < -0.3 is 15.4 Å². The second-order valence-electron chi connectivity index (χ2n) is 5.51. The average molecular weight is 326 g/mol. The first-order chi connectivity index (χ1) is 11.5. The number of amides is 2. The summed E-state index contributed by atoms with van der Waals surface area (Å²) in [4.78, 5) is 23.2. The van der Waals surface area contributed by atoms with E-state index < -0.39 is 6.10 Å². The molecule has 5 nitrogen and oxygen atoms in total. The van der Waals surface area contributed by atoms with Crippen LogP contribution in [0.5, 0.6) is 5.75 Å².